The fraction of sp³-hybridized carbons (Fsp3) is 0.542. The molecule has 0 spiro atoms. The quantitative estimate of drug-likeness (QED) is 0.686. The molecule has 0 bridgehead atoms. The van der Waals surface area contributed by atoms with Gasteiger partial charge >= 0.3 is 0 Å². The average molecular weight is 442 g/mol. The van der Waals surface area contributed by atoms with Gasteiger partial charge in [-0.1, -0.05) is 17.7 Å². The van der Waals surface area contributed by atoms with Gasteiger partial charge in [-0.25, -0.2) is 4.98 Å². The molecule has 2 aromatic heterocycles. The molecule has 2 aromatic rings. The van der Waals surface area contributed by atoms with Gasteiger partial charge in [0.2, 0.25) is 5.91 Å². The number of hydrogen-bond acceptors (Lipinski definition) is 5. The third-order valence-electron chi connectivity index (χ3n) is 6.74. The van der Waals surface area contributed by atoms with Crippen molar-refractivity contribution in [3.8, 4) is 0 Å². The standard InChI is InChI=1S/C24H32ClN5O/c1-28(22-10-14-29(15-11-22)13-9-21-4-2-3-12-26-21)24(31)19-7-16-30(17-8-19)23-6-5-20(25)18-27-23/h2-6,12,18-19,22H,7-11,13-17H2,1H3. The maximum absolute atomic E-state index is 13.1. The Bertz CT molecular complexity index is 831. The molecule has 0 N–H and O–H groups in total. The number of likely N-dealkylation sites (tertiary alicyclic amines) is 1. The molecule has 1 amide bonds. The van der Waals surface area contributed by atoms with Crippen LogP contribution in [0, 0.1) is 5.92 Å². The lowest BCUT2D eigenvalue weighted by molar-refractivity contribution is -0.137. The molecule has 7 heteroatoms. The Morgan fingerprint density at radius 2 is 1.84 bits per heavy atom. The highest BCUT2D eigenvalue weighted by Crippen LogP contribution is 2.26. The van der Waals surface area contributed by atoms with Gasteiger partial charge in [0.15, 0.2) is 0 Å². The number of carbonyl (C=O) groups is 1. The van der Waals surface area contributed by atoms with E-state index in [9.17, 15) is 4.79 Å². The van der Waals surface area contributed by atoms with Gasteiger partial charge in [0, 0.05) is 76.2 Å². The monoisotopic (exact) mass is 441 g/mol. The molecule has 0 aliphatic carbocycles. The lowest BCUT2D eigenvalue weighted by Gasteiger charge is -2.39. The minimum absolute atomic E-state index is 0.121. The van der Waals surface area contributed by atoms with E-state index in [0.717, 1.165) is 76.3 Å². The highest BCUT2D eigenvalue weighted by atomic mass is 35.5. The summed E-state index contributed by atoms with van der Waals surface area (Å²) < 4.78 is 0. The Balaban J connectivity index is 1.20. The van der Waals surface area contributed by atoms with Crippen molar-refractivity contribution < 1.29 is 4.79 Å². The predicted octanol–water partition coefficient (Wildman–Crippen LogP) is 3.51. The summed E-state index contributed by atoms with van der Waals surface area (Å²) in [6.07, 6.45) is 8.41. The fourth-order valence-corrected chi connectivity index (χ4v) is 4.84. The molecule has 4 rings (SSSR count). The zero-order valence-electron chi connectivity index (χ0n) is 18.3. The van der Waals surface area contributed by atoms with Crippen molar-refractivity contribution in [2.75, 3.05) is 44.7 Å². The van der Waals surface area contributed by atoms with Crippen molar-refractivity contribution >= 4 is 23.3 Å². The minimum atomic E-state index is 0.121. The molecule has 166 valence electrons. The lowest BCUT2D eigenvalue weighted by Crippen LogP contribution is -2.49. The summed E-state index contributed by atoms with van der Waals surface area (Å²) in [6.45, 7) is 4.87. The maximum atomic E-state index is 13.1. The van der Waals surface area contributed by atoms with Gasteiger partial charge in [-0.2, -0.15) is 0 Å². The highest BCUT2D eigenvalue weighted by molar-refractivity contribution is 6.30. The normalized spacial score (nSPS) is 18.8. The Morgan fingerprint density at radius 1 is 1.06 bits per heavy atom. The summed E-state index contributed by atoms with van der Waals surface area (Å²) in [6, 6.07) is 10.3. The molecule has 2 aliphatic rings. The van der Waals surface area contributed by atoms with E-state index >= 15 is 0 Å². The largest absolute Gasteiger partial charge is 0.357 e. The molecule has 4 heterocycles. The van der Waals surface area contributed by atoms with E-state index in [-0.39, 0.29) is 5.92 Å². The van der Waals surface area contributed by atoms with E-state index in [4.69, 9.17) is 11.6 Å². The Hall–Kier alpha value is -2.18. The van der Waals surface area contributed by atoms with E-state index in [2.05, 4.69) is 25.8 Å². The first-order chi connectivity index (χ1) is 15.1. The number of piperidine rings is 2. The van der Waals surface area contributed by atoms with Crippen molar-refractivity contribution in [1.29, 1.82) is 0 Å². The van der Waals surface area contributed by atoms with Crippen LogP contribution in [0.3, 0.4) is 0 Å². The molecule has 0 radical (unpaired) electrons. The number of hydrogen-bond donors (Lipinski definition) is 0. The molecular formula is C24H32ClN5O. The van der Waals surface area contributed by atoms with Gasteiger partial charge in [-0.05, 0) is 49.9 Å². The van der Waals surface area contributed by atoms with Crippen LogP contribution in [0.25, 0.3) is 0 Å². The Labute approximate surface area is 190 Å². The fourth-order valence-electron chi connectivity index (χ4n) is 4.73. The number of rotatable bonds is 6. The van der Waals surface area contributed by atoms with Crippen LogP contribution in [-0.4, -0.2) is 71.5 Å². The number of amides is 1. The van der Waals surface area contributed by atoms with E-state index in [1.165, 1.54) is 0 Å². The first-order valence-electron chi connectivity index (χ1n) is 11.4. The molecule has 2 saturated heterocycles. The van der Waals surface area contributed by atoms with Crippen LogP contribution in [0.5, 0.6) is 0 Å². The van der Waals surface area contributed by atoms with E-state index < -0.39 is 0 Å². The predicted molar refractivity (Wildman–Crippen MR) is 124 cm³/mol. The summed E-state index contributed by atoms with van der Waals surface area (Å²) >= 11 is 5.94. The molecule has 31 heavy (non-hydrogen) atoms. The van der Waals surface area contributed by atoms with Gasteiger partial charge < -0.3 is 14.7 Å². The van der Waals surface area contributed by atoms with Crippen LogP contribution in [0.2, 0.25) is 5.02 Å². The van der Waals surface area contributed by atoms with Crippen molar-refractivity contribution in [1.82, 2.24) is 19.8 Å². The van der Waals surface area contributed by atoms with Crippen molar-refractivity contribution in [3.63, 3.8) is 0 Å². The second kappa shape index (κ2) is 10.4. The van der Waals surface area contributed by atoms with Gasteiger partial charge in [0.1, 0.15) is 5.82 Å². The summed E-state index contributed by atoms with van der Waals surface area (Å²) in [7, 11) is 2.00. The summed E-state index contributed by atoms with van der Waals surface area (Å²) in [5.41, 5.74) is 1.15. The van der Waals surface area contributed by atoms with E-state index in [1.54, 1.807) is 6.20 Å². The summed E-state index contributed by atoms with van der Waals surface area (Å²) in [5, 5.41) is 0.651. The molecule has 6 nitrogen and oxygen atoms in total. The molecule has 0 atom stereocenters. The number of nitrogens with zero attached hydrogens (tertiary/aromatic N) is 5. The molecule has 2 fully saturated rings. The number of pyridine rings is 2. The summed E-state index contributed by atoms with van der Waals surface area (Å²) in [4.78, 5) is 28.7. The zero-order valence-corrected chi connectivity index (χ0v) is 19.0. The highest BCUT2D eigenvalue weighted by Gasteiger charge is 2.32. The van der Waals surface area contributed by atoms with Crippen LogP contribution in [0.15, 0.2) is 42.7 Å². The first-order valence-corrected chi connectivity index (χ1v) is 11.7. The average Bonchev–Trinajstić information content (AvgIpc) is 2.83. The SMILES string of the molecule is CN(C(=O)C1CCN(c2ccc(Cl)cn2)CC1)C1CCN(CCc2ccccn2)CC1. The number of aromatic nitrogens is 2. The topological polar surface area (TPSA) is 52.6 Å². The van der Waals surface area contributed by atoms with Crippen LogP contribution in [0.4, 0.5) is 5.82 Å². The molecule has 0 aromatic carbocycles. The van der Waals surface area contributed by atoms with Gasteiger partial charge in [0.05, 0.1) is 5.02 Å². The zero-order chi connectivity index (χ0) is 21.6. The Kier molecular flexibility index (Phi) is 7.41. The van der Waals surface area contributed by atoms with Crippen LogP contribution >= 0.6 is 11.6 Å². The van der Waals surface area contributed by atoms with E-state index in [1.807, 2.05) is 42.4 Å². The van der Waals surface area contributed by atoms with Crippen molar-refractivity contribution in [2.24, 2.45) is 5.92 Å². The first kappa shape index (κ1) is 22.0. The molecular weight excluding hydrogens is 410 g/mol. The van der Waals surface area contributed by atoms with E-state index in [0.29, 0.717) is 17.0 Å². The van der Waals surface area contributed by atoms with Crippen LogP contribution < -0.4 is 4.90 Å². The van der Waals surface area contributed by atoms with Crippen LogP contribution in [0.1, 0.15) is 31.4 Å². The molecule has 0 unspecified atom stereocenters. The second-order valence-electron chi connectivity index (χ2n) is 8.69. The Morgan fingerprint density at radius 3 is 2.48 bits per heavy atom. The number of carbonyl (C=O) groups excluding carboxylic acids is 1. The third-order valence-corrected chi connectivity index (χ3v) is 6.97. The van der Waals surface area contributed by atoms with Crippen molar-refractivity contribution in [3.05, 3.63) is 53.4 Å². The minimum Gasteiger partial charge on any atom is -0.357 e. The third kappa shape index (κ3) is 5.74. The van der Waals surface area contributed by atoms with Crippen LogP contribution in [-0.2, 0) is 11.2 Å². The number of anilines is 1. The maximum Gasteiger partial charge on any atom is 0.225 e. The van der Waals surface area contributed by atoms with Crippen molar-refractivity contribution in [2.45, 2.75) is 38.1 Å². The molecule has 2 aliphatic heterocycles. The molecule has 0 saturated carbocycles. The smallest absolute Gasteiger partial charge is 0.225 e. The summed E-state index contributed by atoms with van der Waals surface area (Å²) in [5.74, 6) is 1.38. The lowest BCUT2D eigenvalue weighted by atomic mass is 9.93. The van der Waals surface area contributed by atoms with Gasteiger partial charge in [-0.15, -0.1) is 0 Å². The second-order valence-corrected chi connectivity index (χ2v) is 9.13. The number of halogens is 1. The van der Waals surface area contributed by atoms with Gasteiger partial charge in [-0.3, -0.25) is 9.78 Å². The van der Waals surface area contributed by atoms with Gasteiger partial charge in [0.25, 0.3) is 0 Å².